The van der Waals surface area contributed by atoms with E-state index < -0.39 is 23.5 Å². The summed E-state index contributed by atoms with van der Waals surface area (Å²) in [7, 11) is 0. The van der Waals surface area contributed by atoms with Gasteiger partial charge in [-0.2, -0.15) is 9.65 Å². The Morgan fingerprint density at radius 2 is 2.15 bits per heavy atom. The van der Waals surface area contributed by atoms with Gasteiger partial charge >= 0.3 is 0 Å². The third kappa shape index (κ3) is 1.90. The number of halogens is 4. The molecule has 0 saturated carbocycles. The first-order valence-electron chi connectivity index (χ1n) is 3.10. The van der Waals surface area contributed by atoms with Gasteiger partial charge in [0.15, 0.2) is 0 Å². The zero-order valence-corrected chi connectivity index (χ0v) is 6.82. The molecule has 1 aromatic heterocycles. The molecule has 0 fully saturated rings. The first kappa shape index (κ1) is 9.81. The smallest absolute Gasteiger partial charge is 0.207 e. The summed E-state index contributed by atoms with van der Waals surface area (Å²) in [6, 6.07) is 2.31. The second-order valence-corrected chi connectivity index (χ2v) is 2.50. The molecule has 0 aliphatic carbocycles. The van der Waals surface area contributed by atoms with Crippen molar-refractivity contribution in [2.45, 2.75) is 6.43 Å². The van der Waals surface area contributed by atoms with Crippen LogP contribution in [0.2, 0.25) is 5.15 Å². The highest BCUT2D eigenvalue weighted by molar-refractivity contribution is 6.29. The summed E-state index contributed by atoms with van der Waals surface area (Å²) in [5.41, 5.74) is -1.50. The molecule has 0 saturated heterocycles. The fourth-order valence-corrected chi connectivity index (χ4v) is 0.978. The molecule has 6 heteroatoms. The summed E-state index contributed by atoms with van der Waals surface area (Å²) in [6.07, 6.45) is -3.07. The minimum absolute atomic E-state index is 0.321. The molecule has 0 radical (unpaired) electrons. The molecule has 2 nitrogen and oxygen atoms in total. The Kier molecular flexibility index (Phi) is 2.73. The molecule has 0 spiro atoms. The Balaban J connectivity index is 3.41. The minimum Gasteiger partial charge on any atom is -0.207 e. The van der Waals surface area contributed by atoms with E-state index in [1.165, 1.54) is 6.07 Å². The molecule has 0 atom stereocenters. The number of alkyl halides is 2. The molecule has 1 aromatic rings. The number of aromatic nitrogens is 1. The van der Waals surface area contributed by atoms with E-state index >= 15 is 0 Å². The van der Waals surface area contributed by atoms with E-state index in [4.69, 9.17) is 16.9 Å². The molecule has 0 aliphatic heterocycles. The standard InChI is InChI=1S/C7H2ClF3N2/c8-4-1-3(2-12)5(6(9)10)7(11)13-4/h1,6H. The molecule has 0 N–H and O–H groups in total. The molecule has 0 aromatic carbocycles. The number of rotatable bonds is 1. The summed E-state index contributed by atoms with van der Waals surface area (Å²) >= 11 is 5.26. The predicted octanol–water partition coefficient (Wildman–Crippen LogP) is 2.68. The fraction of sp³-hybridized carbons (Fsp3) is 0.143. The average molecular weight is 207 g/mol. The fourth-order valence-electron chi connectivity index (χ4n) is 0.794. The van der Waals surface area contributed by atoms with Crippen molar-refractivity contribution in [2.24, 2.45) is 0 Å². The lowest BCUT2D eigenvalue weighted by atomic mass is 10.1. The van der Waals surface area contributed by atoms with Gasteiger partial charge in [0.05, 0.1) is 17.2 Å². The maximum absolute atomic E-state index is 12.7. The van der Waals surface area contributed by atoms with E-state index in [1.807, 2.05) is 0 Å². The normalized spacial score (nSPS) is 10.2. The highest BCUT2D eigenvalue weighted by atomic mass is 35.5. The van der Waals surface area contributed by atoms with Gasteiger partial charge in [0.1, 0.15) is 5.15 Å². The van der Waals surface area contributed by atoms with Crippen molar-refractivity contribution in [2.75, 3.05) is 0 Å². The van der Waals surface area contributed by atoms with Crippen molar-refractivity contribution in [3.8, 4) is 6.07 Å². The van der Waals surface area contributed by atoms with Crippen LogP contribution in [0.1, 0.15) is 17.6 Å². The van der Waals surface area contributed by atoms with E-state index in [0.29, 0.717) is 0 Å². The van der Waals surface area contributed by atoms with E-state index in [9.17, 15) is 13.2 Å². The van der Waals surface area contributed by atoms with Gasteiger partial charge in [0.2, 0.25) is 5.95 Å². The largest absolute Gasteiger partial charge is 0.269 e. The summed E-state index contributed by atoms with van der Waals surface area (Å²) in [5, 5.41) is 8.06. The highest BCUT2D eigenvalue weighted by Crippen LogP contribution is 2.26. The van der Waals surface area contributed by atoms with Crippen molar-refractivity contribution < 1.29 is 13.2 Å². The van der Waals surface area contributed by atoms with Crippen LogP contribution in [0.25, 0.3) is 0 Å². The number of hydrogen-bond donors (Lipinski definition) is 0. The van der Waals surface area contributed by atoms with Crippen LogP contribution in [-0.4, -0.2) is 4.98 Å². The lowest BCUT2D eigenvalue weighted by Crippen LogP contribution is -1.99. The molecular weight excluding hydrogens is 205 g/mol. The Morgan fingerprint density at radius 3 is 2.62 bits per heavy atom. The lowest BCUT2D eigenvalue weighted by Gasteiger charge is -2.02. The van der Waals surface area contributed by atoms with Crippen LogP contribution in [0.5, 0.6) is 0 Å². The van der Waals surface area contributed by atoms with Gasteiger partial charge < -0.3 is 0 Å². The second kappa shape index (κ2) is 3.62. The Labute approximate surface area is 76.6 Å². The molecule has 13 heavy (non-hydrogen) atoms. The highest BCUT2D eigenvalue weighted by Gasteiger charge is 2.20. The molecule has 0 bridgehead atoms. The molecular formula is C7H2ClF3N2. The van der Waals surface area contributed by atoms with Gasteiger partial charge in [-0.05, 0) is 6.07 Å². The van der Waals surface area contributed by atoms with Crippen molar-refractivity contribution >= 4 is 11.6 Å². The predicted molar refractivity (Wildman–Crippen MR) is 38.9 cm³/mol. The van der Waals surface area contributed by atoms with Crippen LogP contribution < -0.4 is 0 Å². The average Bonchev–Trinajstić information content (AvgIpc) is 2.01. The molecule has 1 heterocycles. The number of hydrogen-bond acceptors (Lipinski definition) is 2. The topological polar surface area (TPSA) is 36.7 Å². The Bertz CT molecular complexity index is 373. The zero-order valence-electron chi connectivity index (χ0n) is 6.06. The van der Waals surface area contributed by atoms with Gasteiger partial charge in [-0.1, -0.05) is 11.6 Å². The van der Waals surface area contributed by atoms with E-state index in [-0.39, 0.29) is 5.15 Å². The molecule has 0 unspecified atom stereocenters. The van der Waals surface area contributed by atoms with Crippen LogP contribution in [-0.2, 0) is 0 Å². The van der Waals surface area contributed by atoms with Gasteiger partial charge in [-0.3, -0.25) is 0 Å². The van der Waals surface area contributed by atoms with Crippen LogP contribution >= 0.6 is 11.6 Å². The van der Waals surface area contributed by atoms with Crippen LogP contribution in [0.4, 0.5) is 13.2 Å². The first-order valence-corrected chi connectivity index (χ1v) is 3.48. The zero-order chi connectivity index (χ0) is 10.0. The number of nitriles is 1. The van der Waals surface area contributed by atoms with Gasteiger partial charge in [-0.25, -0.2) is 13.8 Å². The van der Waals surface area contributed by atoms with Crippen molar-refractivity contribution in [1.82, 2.24) is 4.98 Å². The first-order chi connectivity index (χ1) is 6.06. The van der Waals surface area contributed by atoms with Crippen molar-refractivity contribution in [3.05, 3.63) is 28.3 Å². The van der Waals surface area contributed by atoms with E-state index in [2.05, 4.69) is 4.98 Å². The van der Waals surface area contributed by atoms with Crippen LogP contribution in [0.3, 0.4) is 0 Å². The van der Waals surface area contributed by atoms with Gasteiger partial charge in [0.25, 0.3) is 6.43 Å². The van der Waals surface area contributed by atoms with E-state index in [0.717, 1.165) is 6.07 Å². The number of pyridine rings is 1. The second-order valence-electron chi connectivity index (χ2n) is 2.11. The van der Waals surface area contributed by atoms with Crippen molar-refractivity contribution in [1.29, 1.82) is 5.26 Å². The van der Waals surface area contributed by atoms with Crippen molar-refractivity contribution in [3.63, 3.8) is 0 Å². The van der Waals surface area contributed by atoms with E-state index in [1.54, 1.807) is 0 Å². The molecule has 0 amide bonds. The molecule has 68 valence electrons. The summed E-state index contributed by atoms with van der Waals surface area (Å²) < 4.78 is 37.0. The van der Waals surface area contributed by atoms with Crippen LogP contribution in [0.15, 0.2) is 6.07 Å². The minimum atomic E-state index is -3.07. The quantitative estimate of drug-likeness (QED) is 0.663. The maximum atomic E-state index is 12.7. The lowest BCUT2D eigenvalue weighted by molar-refractivity contribution is 0.145. The van der Waals surface area contributed by atoms with Gasteiger partial charge in [-0.15, -0.1) is 0 Å². The third-order valence-corrected chi connectivity index (χ3v) is 1.51. The van der Waals surface area contributed by atoms with Gasteiger partial charge in [0, 0.05) is 0 Å². The summed E-state index contributed by atoms with van der Waals surface area (Å²) in [5.74, 6) is -1.40. The monoisotopic (exact) mass is 206 g/mol. The summed E-state index contributed by atoms with van der Waals surface area (Å²) in [4.78, 5) is 2.97. The number of nitrogens with zero attached hydrogens (tertiary/aromatic N) is 2. The Morgan fingerprint density at radius 1 is 1.54 bits per heavy atom. The summed E-state index contributed by atoms with van der Waals surface area (Å²) in [6.45, 7) is 0. The SMILES string of the molecule is N#Cc1cc(Cl)nc(F)c1C(F)F. The maximum Gasteiger partial charge on any atom is 0.269 e. The molecule has 0 aliphatic rings. The Hall–Kier alpha value is -1.28. The third-order valence-electron chi connectivity index (χ3n) is 1.32. The molecule has 1 rings (SSSR count). The van der Waals surface area contributed by atoms with Crippen LogP contribution in [0, 0.1) is 17.3 Å².